The first-order valence-electron chi connectivity index (χ1n) is 6.27. The lowest BCUT2D eigenvalue weighted by Crippen LogP contribution is -2.43. The SMILES string of the molecule is Cc1cc(N2CCNCC2)c2cccc(Br)c2n1.Cl. The minimum absolute atomic E-state index is 0. The van der Waals surface area contributed by atoms with Crippen LogP contribution in [0.2, 0.25) is 0 Å². The minimum atomic E-state index is 0. The number of halogens is 2. The highest BCUT2D eigenvalue weighted by Crippen LogP contribution is 2.31. The van der Waals surface area contributed by atoms with E-state index in [2.05, 4.69) is 62.3 Å². The first-order chi connectivity index (χ1) is 8.75. The number of nitrogens with zero attached hydrogens (tertiary/aromatic N) is 2. The van der Waals surface area contributed by atoms with E-state index in [1.54, 1.807) is 0 Å². The summed E-state index contributed by atoms with van der Waals surface area (Å²) < 4.78 is 1.07. The molecule has 1 N–H and O–H groups in total. The second-order valence-electron chi connectivity index (χ2n) is 4.66. The van der Waals surface area contributed by atoms with Crippen molar-refractivity contribution in [1.82, 2.24) is 10.3 Å². The summed E-state index contributed by atoms with van der Waals surface area (Å²) in [7, 11) is 0. The van der Waals surface area contributed by atoms with Crippen molar-refractivity contribution in [3.8, 4) is 0 Å². The van der Waals surface area contributed by atoms with E-state index in [9.17, 15) is 0 Å². The Kier molecular flexibility index (Phi) is 4.66. The lowest BCUT2D eigenvalue weighted by atomic mass is 10.1. The van der Waals surface area contributed by atoms with Gasteiger partial charge in [0.05, 0.1) is 5.52 Å². The monoisotopic (exact) mass is 341 g/mol. The predicted octanol–water partition coefficient (Wildman–Crippen LogP) is 3.14. The molecule has 2 aromatic rings. The number of rotatable bonds is 1. The summed E-state index contributed by atoms with van der Waals surface area (Å²) in [5, 5.41) is 4.63. The number of aromatic nitrogens is 1. The molecule has 19 heavy (non-hydrogen) atoms. The number of aryl methyl sites for hydroxylation is 1. The maximum Gasteiger partial charge on any atom is 0.0867 e. The van der Waals surface area contributed by atoms with Crippen LogP contribution in [0.3, 0.4) is 0 Å². The van der Waals surface area contributed by atoms with Gasteiger partial charge in [0, 0.05) is 47.4 Å². The van der Waals surface area contributed by atoms with Gasteiger partial charge in [-0.05, 0) is 35.0 Å². The van der Waals surface area contributed by atoms with E-state index in [-0.39, 0.29) is 12.4 Å². The minimum Gasteiger partial charge on any atom is -0.368 e. The predicted molar refractivity (Wildman–Crippen MR) is 86.5 cm³/mol. The molecule has 0 atom stereocenters. The van der Waals surface area contributed by atoms with E-state index >= 15 is 0 Å². The van der Waals surface area contributed by atoms with Crippen LogP contribution in [-0.2, 0) is 0 Å². The van der Waals surface area contributed by atoms with Crippen LogP contribution in [0.5, 0.6) is 0 Å². The van der Waals surface area contributed by atoms with E-state index in [1.807, 2.05) is 0 Å². The first-order valence-corrected chi connectivity index (χ1v) is 7.06. The zero-order valence-electron chi connectivity index (χ0n) is 10.8. The molecule has 0 amide bonds. The maximum absolute atomic E-state index is 4.64. The third-order valence-corrected chi connectivity index (χ3v) is 3.99. The van der Waals surface area contributed by atoms with E-state index in [1.165, 1.54) is 11.1 Å². The Balaban J connectivity index is 0.00000133. The Bertz CT molecular complexity index is 582. The van der Waals surface area contributed by atoms with Crippen LogP contribution in [0.25, 0.3) is 10.9 Å². The van der Waals surface area contributed by atoms with Crippen molar-refractivity contribution in [2.45, 2.75) is 6.92 Å². The number of piperazine rings is 1. The van der Waals surface area contributed by atoms with Crippen molar-refractivity contribution in [3.63, 3.8) is 0 Å². The van der Waals surface area contributed by atoms with Crippen molar-refractivity contribution in [3.05, 3.63) is 34.4 Å². The second-order valence-corrected chi connectivity index (χ2v) is 5.51. The molecular weight excluding hydrogens is 326 g/mol. The summed E-state index contributed by atoms with van der Waals surface area (Å²) in [5.41, 5.74) is 3.44. The standard InChI is InChI=1S/C14H16BrN3.ClH/c1-10-9-13(18-7-5-16-6-8-18)11-3-2-4-12(15)14(11)17-10;/h2-4,9,16H,5-8H2,1H3;1H. The molecule has 0 aliphatic carbocycles. The van der Waals surface area contributed by atoms with Crippen LogP contribution < -0.4 is 10.2 Å². The third kappa shape index (κ3) is 2.86. The van der Waals surface area contributed by atoms with Gasteiger partial charge in [-0.3, -0.25) is 4.98 Å². The van der Waals surface area contributed by atoms with E-state index < -0.39 is 0 Å². The number of pyridine rings is 1. The lowest BCUT2D eigenvalue weighted by Gasteiger charge is -2.30. The summed E-state index contributed by atoms with van der Waals surface area (Å²) >= 11 is 3.60. The van der Waals surface area contributed by atoms with Crippen molar-refractivity contribution in [2.75, 3.05) is 31.1 Å². The molecule has 1 fully saturated rings. The highest BCUT2D eigenvalue weighted by Gasteiger charge is 2.15. The fourth-order valence-corrected chi connectivity index (χ4v) is 2.94. The number of hydrogen-bond acceptors (Lipinski definition) is 3. The summed E-state index contributed by atoms with van der Waals surface area (Å²) in [6.07, 6.45) is 0. The molecule has 3 nitrogen and oxygen atoms in total. The fraction of sp³-hybridized carbons (Fsp3) is 0.357. The van der Waals surface area contributed by atoms with Gasteiger partial charge in [-0.1, -0.05) is 12.1 Å². The van der Waals surface area contributed by atoms with Crippen LogP contribution in [0.15, 0.2) is 28.7 Å². The Morgan fingerprint density at radius 1 is 1.26 bits per heavy atom. The third-order valence-electron chi connectivity index (χ3n) is 3.35. The molecule has 5 heteroatoms. The Morgan fingerprint density at radius 3 is 2.74 bits per heavy atom. The molecule has 1 aliphatic heterocycles. The molecule has 1 aromatic carbocycles. The molecule has 0 unspecified atom stereocenters. The number of benzene rings is 1. The molecule has 0 spiro atoms. The van der Waals surface area contributed by atoms with E-state index in [0.717, 1.165) is 41.9 Å². The Hall–Kier alpha value is -0.840. The molecule has 1 aliphatic rings. The number of para-hydroxylation sites is 1. The van der Waals surface area contributed by atoms with Crippen molar-refractivity contribution < 1.29 is 0 Å². The molecule has 2 heterocycles. The quantitative estimate of drug-likeness (QED) is 0.863. The van der Waals surface area contributed by atoms with Crippen LogP contribution in [0.1, 0.15) is 5.69 Å². The zero-order chi connectivity index (χ0) is 12.5. The van der Waals surface area contributed by atoms with Gasteiger partial charge in [0.25, 0.3) is 0 Å². The van der Waals surface area contributed by atoms with Crippen molar-refractivity contribution >= 4 is 44.9 Å². The van der Waals surface area contributed by atoms with E-state index in [4.69, 9.17) is 0 Å². The molecule has 0 saturated carbocycles. The highest BCUT2D eigenvalue weighted by molar-refractivity contribution is 9.10. The van der Waals surface area contributed by atoms with Gasteiger partial charge in [0.15, 0.2) is 0 Å². The van der Waals surface area contributed by atoms with Crippen molar-refractivity contribution in [2.24, 2.45) is 0 Å². The van der Waals surface area contributed by atoms with Crippen LogP contribution in [0, 0.1) is 6.92 Å². The molecule has 1 aromatic heterocycles. The number of anilines is 1. The van der Waals surface area contributed by atoms with Gasteiger partial charge < -0.3 is 10.2 Å². The summed E-state index contributed by atoms with van der Waals surface area (Å²) in [5.74, 6) is 0. The van der Waals surface area contributed by atoms with Gasteiger partial charge in [0.1, 0.15) is 0 Å². The molecule has 1 saturated heterocycles. The van der Waals surface area contributed by atoms with Crippen LogP contribution in [-0.4, -0.2) is 31.2 Å². The molecule has 3 rings (SSSR count). The first kappa shape index (κ1) is 14.6. The second kappa shape index (κ2) is 6.07. The lowest BCUT2D eigenvalue weighted by molar-refractivity contribution is 0.590. The van der Waals surface area contributed by atoms with Gasteiger partial charge in [-0.25, -0.2) is 0 Å². The van der Waals surface area contributed by atoms with Gasteiger partial charge >= 0.3 is 0 Å². The summed E-state index contributed by atoms with van der Waals surface area (Å²) in [6, 6.07) is 8.48. The van der Waals surface area contributed by atoms with Crippen LogP contribution >= 0.6 is 28.3 Å². The van der Waals surface area contributed by atoms with E-state index in [0.29, 0.717) is 0 Å². The smallest absolute Gasteiger partial charge is 0.0867 e. The summed E-state index contributed by atoms with van der Waals surface area (Å²) in [6.45, 7) is 6.29. The topological polar surface area (TPSA) is 28.2 Å². The average Bonchev–Trinajstić information content (AvgIpc) is 2.40. The molecular formula is C14H17BrClN3. The number of nitrogens with one attached hydrogen (secondary N) is 1. The fourth-order valence-electron chi connectivity index (χ4n) is 2.49. The average molecular weight is 343 g/mol. The Morgan fingerprint density at radius 2 is 2.00 bits per heavy atom. The van der Waals surface area contributed by atoms with Crippen molar-refractivity contribution in [1.29, 1.82) is 0 Å². The molecule has 102 valence electrons. The number of hydrogen-bond donors (Lipinski definition) is 1. The number of fused-ring (bicyclic) bond motifs is 1. The largest absolute Gasteiger partial charge is 0.368 e. The molecule has 0 radical (unpaired) electrons. The van der Waals surface area contributed by atoms with Gasteiger partial charge in [-0.15, -0.1) is 12.4 Å². The highest BCUT2D eigenvalue weighted by atomic mass is 79.9. The summed E-state index contributed by atoms with van der Waals surface area (Å²) in [4.78, 5) is 7.09. The zero-order valence-corrected chi connectivity index (χ0v) is 13.2. The molecule has 0 bridgehead atoms. The van der Waals surface area contributed by atoms with Gasteiger partial charge in [0.2, 0.25) is 0 Å². The maximum atomic E-state index is 4.64. The normalized spacial score (nSPS) is 15.4. The van der Waals surface area contributed by atoms with Gasteiger partial charge in [-0.2, -0.15) is 0 Å². The van der Waals surface area contributed by atoms with Crippen LogP contribution in [0.4, 0.5) is 5.69 Å². The Labute approximate surface area is 127 Å².